The monoisotopic (exact) mass is 275 g/mol. The Morgan fingerprint density at radius 1 is 1.30 bits per heavy atom. The van der Waals surface area contributed by atoms with Crippen molar-refractivity contribution in [2.24, 2.45) is 11.8 Å². The van der Waals surface area contributed by atoms with Gasteiger partial charge < -0.3 is 15.5 Å². The fourth-order valence-corrected chi connectivity index (χ4v) is 2.48. The molecule has 4 heteroatoms. The van der Waals surface area contributed by atoms with Crippen LogP contribution in [-0.2, 0) is 4.79 Å². The van der Waals surface area contributed by atoms with E-state index in [1.54, 1.807) is 0 Å². The van der Waals surface area contributed by atoms with Crippen LogP contribution in [0.1, 0.15) is 20.8 Å². The van der Waals surface area contributed by atoms with Crippen LogP contribution in [0, 0.1) is 11.8 Å². The van der Waals surface area contributed by atoms with Gasteiger partial charge in [0.2, 0.25) is 5.91 Å². The van der Waals surface area contributed by atoms with Crippen molar-refractivity contribution in [3.63, 3.8) is 0 Å². The Hall–Kier alpha value is -1.55. The van der Waals surface area contributed by atoms with Crippen molar-refractivity contribution in [1.29, 1.82) is 0 Å². The third kappa shape index (κ3) is 3.31. The summed E-state index contributed by atoms with van der Waals surface area (Å²) in [5.41, 5.74) is 2.08. The fraction of sp³-hybridized carbons (Fsp3) is 0.562. The summed E-state index contributed by atoms with van der Waals surface area (Å²) in [4.78, 5) is 14.4. The summed E-state index contributed by atoms with van der Waals surface area (Å²) < 4.78 is 0. The first-order valence-corrected chi connectivity index (χ1v) is 7.52. The molecule has 4 nitrogen and oxygen atoms in total. The Balaban J connectivity index is 1.94. The van der Waals surface area contributed by atoms with Gasteiger partial charge in [0.05, 0.1) is 0 Å². The molecule has 1 aromatic carbocycles. The Labute approximate surface area is 121 Å². The van der Waals surface area contributed by atoms with E-state index in [1.165, 1.54) is 5.69 Å². The minimum Gasteiger partial charge on any atom is -0.372 e. The second-order valence-electron chi connectivity index (χ2n) is 5.42. The summed E-state index contributed by atoms with van der Waals surface area (Å²) in [7, 11) is 0. The number of nitrogens with zero attached hydrogens (tertiary/aromatic N) is 1. The summed E-state index contributed by atoms with van der Waals surface area (Å²) >= 11 is 0. The second kappa shape index (κ2) is 6.75. The van der Waals surface area contributed by atoms with Gasteiger partial charge in [-0.2, -0.15) is 0 Å². The van der Waals surface area contributed by atoms with Crippen molar-refractivity contribution < 1.29 is 4.79 Å². The van der Waals surface area contributed by atoms with Gasteiger partial charge in [-0.25, -0.2) is 0 Å². The van der Waals surface area contributed by atoms with E-state index in [9.17, 15) is 4.79 Å². The molecular formula is C16H25N3O. The Bertz CT molecular complexity index is 436. The second-order valence-corrected chi connectivity index (χ2v) is 5.42. The van der Waals surface area contributed by atoms with E-state index >= 15 is 0 Å². The van der Waals surface area contributed by atoms with Gasteiger partial charge in [0.1, 0.15) is 0 Å². The molecular weight excluding hydrogens is 250 g/mol. The highest BCUT2D eigenvalue weighted by molar-refractivity contribution is 5.92. The highest BCUT2D eigenvalue weighted by Crippen LogP contribution is 2.21. The molecule has 0 radical (unpaired) electrons. The maximum Gasteiger partial charge on any atom is 0.227 e. The molecule has 0 aromatic heterocycles. The summed E-state index contributed by atoms with van der Waals surface area (Å²) in [5.74, 6) is 0.663. The van der Waals surface area contributed by atoms with Crippen LogP contribution < -0.4 is 15.5 Å². The van der Waals surface area contributed by atoms with Crippen LogP contribution >= 0.6 is 0 Å². The van der Waals surface area contributed by atoms with E-state index in [0.29, 0.717) is 5.92 Å². The Morgan fingerprint density at radius 3 is 2.35 bits per heavy atom. The number of hydrogen-bond donors (Lipinski definition) is 2. The van der Waals surface area contributed by atoms with Crippen molar-refractivity contribution in [2.45, 2.75) is 20.8 Å². The zero-order valence-electron chi connectivity index (χ0n) is 12.6. The first-order valence-electron chi connectivity index (χ1n) is 7.52. The Kier molecular flexibility index (Phi) is 5.01. The molecule has 20 heavy (non-hydrogen) atoms. The maximum absolute atomic E-state index is 12.1. The third-order valence-electron chi connectivity index (χ3n) is 4.20. The van der Waals surface area contributed by atoms with Crippen LogP contribution in [0.15, 0.2) is 24.3 Å². The van der Waals surface area contributed by atoms with Crippen molar-refractivity contribution in [1.82, 2.24) is 5.32 Å². The number of benzene rings is 1. The van der Waals surface area contributed by atoms with Gasteiger partial charge in [0, 0.05) is 30.4 Å². The molecule has 1 atom stereocenters. The normalized spacial score (nSPS) is 16.4. The molecule has 2 N–H and O–H groups in total. The van der Waals surface area contributed by atoms with E-state index < -0.39 is 0 Å². The van der Waals surface area contributed by atoms with Crippen LogP contribution in [-0.4, -0.2) is 32.1 Å². The molecule has 1 unspecified atom stereocenters. The van der Waals surface area contributed by atoms with Gasteiger partial charge >= 0.3 is 0 Å². The molecule has 0 saturated carbocycles. The largest absolute Gasteiger partial charge is 0.372 e. The predicted molar refractivity (Wildman–Crippen MR) is 84.2 cm³/mol. The molecule has 2 rings (SSSR count). The molecule has 1 amide bonds. The highest BCUT2D eigenvalue weighted by atomic mass is 16.1. The number of carbonyl (C=O) groups is 1. The molecule has 0 bridgehead atoms. The molecule has 1 fully saturated rings. The summed E-state index contributed by atoms with van der Waals surface area (Å²) in [6.07, 6.45) is 0. The molecule has 1 aromatic rings. The molecule has 110 valence electrons. The number of anilines is 2. The number of hydrogen-bond acceptors (Lipinski definition) is 3. The SMILES string of the molecule is CCN(CC)c1ccc(NC(=O)C(C)C2CNC2)cc1. The summed E-state index contributed by atoms with van der Waals surface area (Å²) in [6, 6.07) is 8.10. The minimum atomic E-state index is 0.0682. The maximum atomic E-state index is 12.1. The van der Waals surface area contributed by atoms with Crippen molar-refractivity contribution in [3.05, 3.63) is 24.3 Å². The van der Waals surface area contributed by atoms with Crippen molar-refractivity contribution in [2.75, 3.05) is 36.4 Å². The smallest absolute Gasteiger partial charge is 0.227 e. The third-order valence-corrected chi connectivity index (χ3v) is 4.20. The zero-order chi connectivity index (χ0) is 14.5. The average molecular weight is 275 g/mol. The highest BCUT2D eigenvalue weighted by Gasteiger charge is 2.28. The zero-order valence-corrected chi connectivity index (χ0v) is 12.6. The van der Waals surface area contributed by atoms with E-state index in [0.717, 1.165) is 31.9 Å². The van der Waals surface area contributed by atoms with Gasteiger partial charge in [-0.05, 0) is 57.1 Å². The lowest BCUT2D eigenvalue weighted by molar-refractivity contribution is -0.121. The molecule has 1 heterocycles. The fourth-order valence-electron chi connectivity index (χ4n) is 2.48. The number of amides is 1. The van der Waals surface area contributed by atoms with E-state index in [1.807, 2.05) is 19.1 Å². The standard InChI is InChI=1S/C16H25N3O/c1-4-19(5-2)15-8-6-14(7-9-15)18-16(20)12(3)13-10-17-11-13/h6-9,12-13,17H,4-5,10-11H2,1-3H3,(H,18,20). The lowest BCUT2D eigenvalue weighted by Crippen LogP contribution is -2.48. The molecule has 1 aliphatic rings. The summed E-state index contributed by atoms with van der Waals surface area (Å²) in [5, 5.41) is 6.22. The number of carbonyl (C=O) groups excluding carboxylic acids is 1. The van der Waals surface area contributed by atoms with Crippen LogP contribution in [0.3, 0.4) is 0 Å². The first-order chi connectivity index (χ1) is 9.65. The van der Waals surface area contributed by atoms with E-state index in [2.05, 4.69) is 41.5 Å². The van der Waals surface area contributed by atoms with Gasteiger partial charge in [-0.3, -0.25) is 4.79 Å². The molecule has 0 spiro atoms. The predicted octanol–water partition coefficient (Wildman–Crippen LogP) is 2.33. The van der Waals surface area contributed by atoms with Crippen LogP contribution in [0.2, 0.25) is 0 Å². The van der Waals surface area contributed by atoms with Crippen molar-refractivity contribution >= 4 is 17.3 Å². The van der Waals surface area contributed by atoms with Crippen LogP contribution in [0.5, 0.6) is 0 Å². The first kappa shape index (κ1) is 14.9. The quantitative estimate of drug-likeness (QED) is 0.837. The topological polar surface area (TPSA) is 44.4 Å². The van der Waals surface area contributed by atoms with Crippen LogP contribution in [0.25, 0.3) is 0 Å². The van der Waals surface area contributed by atoms with Crippen molar-refractivity contribution in [3.8, 4) is 0 Å². The van der Waals surface area contributed by atoms with E-state index in [4.69, 9.17) is 0 Å². The molecule has 1 aliphatic heterocycles. The van der Waals surface area contributed by atoms with Crippen LogP contribution in [0.4, 0.5) is 11.4 Å². The Morgan fingerprint density at radius 2 is 1.90 bits per heavy atom. The van der Waals surface area contributed by atoms with Gasteiger partial charge in [-0.1, -0.05) is 6.92 Å². The average Bonchev–Trinajstić information content (AvgIpc) is 2.40. The number of nitrogens with one attached hydrogen (secondary N) is 2. The van der Waals surface area contributed by atoms with E-state index in [-0.39, 0.29) is 11.8 Å². The lowest BCUT2D eigenvalue weighted by atomic mass is 9.88. The minimum absolute atomic E-state index is 0.0682. The summed E-state index contributed by atoms with van der Waals surface area (Å²) in [6.45, 7) is 10.2. The van der Waals surface area contributed by atoms with Gasteiger partial charge in [-0.15, -0.1) is 0 Å². The molecule has 1 saturated heterocycles. The molecule has 0 aliphatic carbocycles. The number of rotatable bonds is 6. The van der Waals surface area contributed by atoms with Gasteiger partial charge in [0.25, 0.3) is 0 Å². The lowest BCUT2D eigenvalue weighted by Gasteiger charge is -2.31. The van der Waals surface area contributed by atoms with Gasteiger partial charge in [0.15, 0.2) is 0 Å².